The van der Waals surface area contributed by atoms with Crippen LogP contribution >= 0.6 is 0 Å². The van der Waals surface area contributed by atoms with E-state index in [2.05, 4.69) is 57.8 Å². The fourth-order valence-corrected chi connectivity index (χ4v) is 13.7. The third kappa shape index (κ3) is 32.3. The van der Waals surface area contributed by atoms with E-state index in [1.165, 1.54) is 45.0 Å². The van der Waals surface area contributed by atoms with E-state index in [9.17, 15) is 68.7 Å². The number of nitrogens with one attached hydrogen (secondary N) is 9. The molecule has 2 saturated heterocycles. The zero-order valence-corrected chi connectivity index (χ0v) is 69.4. The molecule has 3 rings (SSSR count). The van der Waals surface area contributed by atoms with Gasteiger partial charge in [0, 0.05) is 46.1 Å². The highest BCUT2D eigenvalue weighted by atomic mass is 16.5. The third-order valence-corrected chi connectivity index (χ3v) is 20.6. The zero-order chi connectivity index (χ0) is 90.3. The smallest absolute Gasteiger partial charge is 0.329 e. The van der Waals surface area contributed by atoms with Crippen LogP contribution in [0, 0.1) is 35.5 Å². The Morgan fingerprint density at radius 1 is 0.613 bits per heavy atom. The molecular formula is C75H125N21O23. The Morgan fingerprint density at radius 3 is 1.74 bits per heavy atom. The summed E-state index contributed by atoms with van der Waals surface area (Å²) in [6, 6.07) is -16.1. The second kappa shape index (κ2) is 48.7. The molecule has 0 aliphatic carbocycles. The lowest BCUT2D eigenvalue weighted by molar-refractivity contribution is -0.164. The number of piperidine rings is 1. The van der Waals surface area contributed by atoms with Crippen LogP contribution in [0.2, 0.25) is 0 Å². The summed E-state index contributed by atoms with van der Waals surface area (Å²) < 4.78 is 11.8. The summed E-state index contributed by atoms with van der Waals surface area (Å²) in [5, 5.41) is 78.3. The maximum absolute atomic E-state index is 15.4. The number of phenols is 1. The normalized spacial score (nSPS) is 23.3. The lowest BCUT2D eigenvalue weighted by atomic mass is 9.87. The standard InChI is InChI=1S/C75H125N21O23/c1-33(2)29-35(5)57(102)38(8)62(106)88-45(31-51(77)100)64(108)86-43(17-15-26-84-74(80)81)58(103)59(104)70(114)91-53(36(6)37(7)61(79)105)66(110)93-55-40(10)119-73(117)49-19-13-14-28-96(49)72(116)47(32-52(78)101)90-69(113)56(60(118-12)41-20-22-42(98)23-21-41)94-65(109)48(24-25-50(76)99)95(11)71(115)46(30-34(3)4)89-63(107)44(18-16-27-85-75(82)83)87-67(111)54(39(9)97)92-68(55)112/h20-23,33-40,43-49,53-60,97-98,102-104H,13-19,24-32H2,1-12H3,(H2,76,99)(H2,77,100)(H2,78,101)(H2,79,105)(H,86,108)(H,87,111)(H,88,106)(H,89,107)(H,90,113)(H,91,114)(H,92,112)(H,93,110)(H,94,109)(H4,80,81,84)(H4,82,83,85)/t35?,36-,37+,38?,39+,40+,43-,44+,45+,46-,47+,48-,49-,53-,54?,55+,56?,57?,58?,59?,60?/m0/s1. The van der Waals surface area contributed by atoms with Crippen molar-refractivity contribution in [3.63, 3.8) is 0 Å². The van der Waals surface area contributed by atoms with Crippen molar-refractivity contribution in [2.24, 2.45) is 91.4 Å². The third-order valence-electron chi connectivity index (χ3n) is 20.6. The molecular weight excluding hydrogens is 1560 g/mol. The number of carbonyl (C=O) groups excluding carboxylic acids is 16. The van der Waals surface area contributed by atoms with Crippen molar-refractivity contribution in [2.45, 2.75) is 256 Å². The highest BCUT2D eigenvalue weighted by molar-refractivity contribution is 6.01. The molecule has 668 valence electrons. The number of phenolic OH excluding ortho intramolecular Hbond substituents is 1. The maximum atomic E-state index is 15.4. The number of amides is 15. The van der Waals surface area contributed by atoms with E-state index in [0.717, 1.165) is 37.8 Å². The van der Waals surface area contributed by atoms with Crippen LogP contribution < -0.4 is 93.7 Å². The molecule has 0 spiro atoms. The van der Waals surface area contributed by atoms with E-state index in [4.69, 9.17) is 55.3 Å². The number of primary amides is 4. The van der Waals surface area contributed by atoms with Crippen LogP contribution in [0.3, 0.4) is 0 Å². The van der Waals surface area contributed by atoms with Gasteiger partial charge in [-0.05, 0) is 119 Å². The molecule has 119 heavy (non-hydrogen) atoms. The lowest BCUT2D eigenvalue weighted by Gasteiger charge is -2.38. The molecule has 0 radical (unpaired) electrons. The molecule has 2 aliphatic rings. The first kappa shape index (κ1) is 102. The van der Waals surface area contributed by atoms with Crippen LogP contribution in [-0.2, 0) is 86.2 Å². The quantitative estimate of drug-likeness (QED) is 0.0127. The van der Waals surface area contributed by atoms with E-state index in [-0.39, 0.29) is 93.7 Å². The molecule has 2 aliphatic heterocycles. The number of fused-ring (bicyclic) bond motifs is 1. The summed E-state index contributed by atoms with van der Waals surface area (Å²) in [5.41, 5.74) is 45.0. The molecule has 8 unspecified atom stereocenters. The Hall–Kier alpha value is -11.1. The number of hydrogen-bond donors (Lipinski definition) is 22. The highest BCUT2D eigenvalue weighted by Crippen LogP contribution is 2.28. The molecule has 21 atom stereocenters. The predicted molar refractivity (Wildman–Crippen MR) is 427 cm³/mol. The summed E-state index contributed by atoms with van der Waals surface area (Å²) in [5.74, 6) is -25.4. The molecule has 2 heterocycles. The number of nitrogens with two attached hydrogens (primary N) is 8. The average Bonchev–Trinajstić information content (AvgIpc) is 0.995. The SMILES string of the molecule is COC(c1ccc(O)cc1)C1NC(=O)[C@H](CCC(N)=O)N(C)C(=O)[C@H](CC(C)C)NC(=O)[C@@H](CCCN=C(N)N)NC(=O)C([C@@H](C)O)NC(=O)[C@H](NC(=O)[C@@H](NC(=O)C(O)C(O)[C@H](CCCN=C(N)N)NC(=O)[C@@H](CC(N)=O)NC(=O)C(C)C(O)C(C)CC(C)C)[C@@H](C)[C@@H](C)C(N)=O)[C@@H](C)OC(=O)[C@@H]2CCCCN2C(=O)[C@@H](CC(N)=O)NC1=O. The number of aliphatic hydroxyl groups excluding tert-OH is 4. The molecule has 0 aromatic heterocycles. The van der Waals surface area contributed by atoms with Gasteiger partial charge in [-0.1, -0.05) is 67.5 Å². The van der Waals surface area contributed by atoms with Crippen molar-refractivity contribution in [1.29, 1.82) is 0 Å². The van der Waals surface area contributed by atoms with Gasteiger partial charge in [0.2, 0.25) is 82.7 Å². The number of aliphatic imine (C=N–C) groups is 2. The number of aromatic hydroxyl groups is 1. The number of ether oxygens (including phenoxy) is 2. The van der Waals surface area contributed by atoms with E-state index in [1.54, 1.807) is 20.8 Å². The van der Waals surface area contributed by atoms with Gasteiger partial charge < -0.3 is 139 Å². The summed E-state index contributed by atoms with van der Waals surface area (Å²) in [6.07, 6.45) is -15.5. The van der Waals surface area contributed by atoms with Crippen LogP contribution in [0.15, 0.2) is 34.3 Å². The Kier molecular flexibility index (Phi) is 41.8. The number of benzene rings is 1. The van der Waals surface area contributed by atoms with Gasteiger partial charge in [-0.2, -0.15) is 0 Å². The summed E-state index contributed by atoms with van der Waals surface area (Å²) in [6.45, 7) is 14.0. The fourth-order valence-electron chi connectivity index (χ4n) is 13.7. The highest BCUT2D eigenvalue weighted by Gasteiger charge is 2.47. The molecule has 15 amide bonds. The number of likely N-dealkylation sites (N-methyl/N-ethyl adjacent to an activating group) is 1. The Labute approximate surface area is 689 Å². The molecule has 44 nitrogen and oxygen atoms in total. The number of aliphatic hydroxyl groups is 4. The minimum Gasteiger partial charge on any atom is -0.508 e. The van der Waals surface area contributed by atoms with Gasteiger partial charge in [-0.3, -0.25) is 81.9 Å². The number of nitrogens with zero attached hydrogens (tertiary/aromatic N) is 4. The van der Waals surface area contributed by atoms with Gasteiger partial charge in [-0.25, -0.2) is 4.79 Å². The van der Waals surface area contributed by atoms with Crippen molar-refractivity contribution >= 4 is 106 Å². The molecule has 0 bridgehead atoms. The topological polar surface area (TPSA) is 740 Å². The Morgan fingerprint density at radius 2 is 1.19 bits per heavy atom. The van der Waals surface area contributed by atoms with Crippen molar-refractivity contribution in [3.05, 3.63) is 29.8 Å². The molecule has 30 N–H and O–H groups in total. The first-order valence-electron chi connectivity index (χ1n) is 39.3. The van der Waals surface area contributed by atoms with E-state index in [1.807, 2.05) is 13.8 Å². The second-order valence-corrected chi connectivity index (χ2v) is 31.2. The fraction of sp³-hybridized carbons (Fsp3) is 0.680. The first-order chi connectivity index (χ1) is 55.5. The summed E-state index contributed by atoms with van der Waals surface area (Å²) in [7, 11) is 2.25. The van der Waals surface area contributed by atoms with Crippen molar-refractivity contribution in [1.82, 2.24) is 57.7 Å². The van der Waals surface area contributed by atoms with Gasteiger partial charge in [0.25, 0.3) is 5.91 Å². The number of esters is 1. The van der Waals surface area contributed by atoms with E-state index >= 15 is 33.6 Å². The molecule has 2 fully saturated rings. The van der Waals surface area contributed by atoms with Gasteiger partial charge in [0.15, 0.2) is 18.0 Å². The lowest BCUT2D eigenvalue weighted by Crippen LogP contribution is -2.65. The number of cyclic esters (lactones) is 1. The number of guanidine groups is 2. The van der Waals surface area contributed by atoms with Crippen LogP contribution in [-0.4, -0.2) is 273 Å². The van der Waals surface area contributed by atoms with Crippen LogP contribution in [0.4, 0.5) is 0 Å². The number of rotatable bonds is 38. The summed E-state index contributed by atoms with van der Waals surface area (Å²) >= 11 is 0. The van der Waals surface area contributed by atoms with E-state index in [0.29, 0.717) is 6.42 Å². The number of hydrogen-bond acceptors (Lipinski definition) is 25. The molecule has 1 aromatic carbocycles. The Bertz CT molecular complexity index is 3750. The second-order valence-electron chi connectivity index (χ2n) is 31.2. The molecule has 44 heteroatoms. The number of carbonyl (C=O) groups is 16. The van der Waals surface area contributed by atoms with Crippen molar-refractivity contribution in [2.75, 3.05) is 33.8 Å². The van der Waals surface area contributed by atoms with Gasteiger partial charge >= 0.3 is 5.97 Å². The van der Waals surface area contributed by atoms with Crippen LogP contribution in [0.25, 0.3) is 0 Å². The van der Waals surface area contributed by atoms with Gasteiger partial charge in [-0.15, -0.1) is 0 Å². The van der Waals surface area contributed by atoms with Crippen molar-refractivity contribution < 1.29 is 112 Å². The van der Waals surface area contributed by atoms with Crippen LogP contribution in [0.5, 0.6) is 5.75 Å². The monoisotopic (exact) mass is 1690 g/mol. The zero-order valence-electron chi connectivity index (χ0n) is 69.4. The average molecular weight is 1690 g/mol. The number of methoxy groups -OCH3 is 1. The van der Waals surface area contributed by atoms with Crippen molar-refractivity contribution in [3.8, 4) is 5.75 Å². The summed E-state index contributed by atoms with van der Waals surface area (Å²) in [4.78, 5) is 239. The van der Waals surface area contributed by atoms with Gasteiger partial charge in [0.05, 0.1) is 37.0 Å². The molecule has 1 aromatic rings. The Balaban J connectivity index is 2.43. The predicted octanol–water partition coefficient (Wildman–Crippen LogP) is -7.69. The van der Waals surface area contributed by atoms with Gasteiger partial charge in [0.1, 0.15) is 84.5 Å². The maximum Gasteiger partial charge on any atom is 0.329 e. The first-order valence-corrected chi connectivity index (χ1v) is 39.3. The minimum atomic E-state index is -2.71. The molecule has 0 saturated carbocycles. The largest absolute Gasteiger partial charge is 0.508 e. The van der Waals surface area contributed by atoms with E-state index < -0.39 is 259 Å². The van der Waals surface area contributed by atoms with Crippen LogP contribution in [0.1, 0.15) is 164 Å². The minimum absolute atomic E-state index is 0.0999.